The van der Waals surface area contributed by atoms with E-state index in [1.165, 1.54) is 12.1 Å². The number of aliphatic hydroxyl groups excluding tert-OH is 1. The van der Waals surface area contributed by atoms with E-state index in [9.17, 15) is 23.1 Å². The lowest BCUT2D eigenvalue weighted by Gasteiger charge is -2.49. The molecule has 1 aromatic rings. The van der Waals surface area contributed by atoms with Gasteiger partial charge in [0.2, 0.25) is 0 Å². The normalized spacial score (nSPS) is 24.1. The maximum Gasteiger partial charge on any atom is 0.573 e. The summed E-state index contributed by atoms with van der Waals surface area (Å²) in [6.45, 7) is 3.68. The Labute approximate surface area is 119 Å². The van der Waals surface area contributed by atoms with Crippen molar-refractivity contribution >= 4 is 5.91 Å². The van der Waals surface area contributed by atoms with Crippen molar-refractivity contribution in [3.63, 3.8) is 0 Å². The lowest BCUT2D eigenvalue weighted by Crippen LogP contribution is -2.61. The molecule has 0 spiro atoms. The molecule has 2 N–H and O–H groups in total. The quantitative estimate of drug-likeness (QED) is 0.902. The van der Waals surface area contributed by atoms with Crippen molar-refractivity contribution in [2.75, 3.05) is 0 Å². The van der Waals surface area contributed by atoms with E-state index in [2.05, 4.69) is 10.1 Å². The summed E-state index contributed by atoms with van der Waals surface area (Å²) in [4.78, 5) is 12.0. The Kier molecular flexibility index (Phi) is 3.88. The zero-order chi connectivity index (χ0) is 15.8. The van der Waals surface area contributed by atoms with Gasteiger partial charge in [-0.2, -0.15) is 0 Å². The highest BCUT2D eigenvalue weighted by molar-refractivity contribution is 5.94. The van der Waals surface area contributed by atoms with Gasteiger partial charge in [-0.3, -0.25) is 4.79 Å². The lowest BCUT2D eigenvalue weighted by molar-refractivity contribution is -0.274. The van der Waals surface area contributed by atoms with Crippen LogP contribution in [0.2, 0.25) is 0 Å². The Hall–Kier alpha value is -1.76. The van der Waals surface area contributed by atoms with E-state index >= 15 is 0 Å². The molecule has 1 fully saturated rings. The molecule has 0 aromatic heterocycles. The maximum absolute atomic E-state index is 12.0. The highest BCUT2D eigenvalue weighted by Crippen LogP contribution is 2.40. The van der Waals surface area contributed by atoms with Gasteiger partial charge in [0.15, 0.2) is 0 Å². The van der Waals surface area contributed by atoms with Crippen LogP contribution in [-0.4, -0.2) is 29.5 Å². The molecule has 0 aliphatic heterocycles. The molecule has 0 saturated heterocycles. The number of hydrogen-bond acceptors (Lipinski definition) is 3. The second kappa shape index (κ2) is 5.22. The van der Waals surface area contributed by atoms with Crippen molar-refractivity contribution in [2.24, 2.45) is 5.41 Å². The maximum atomic E-state index is 12.0. The third kappa shape index (κ3) is 3.47. The van der Waals surface area contributed by atoms with E-state index in [1.54, 1.807) is 0 Å². The summed E-state index contributed by atoms with van der Waals surface area (Å²) in [5, 5.41) is 12.4. The number of carbonyl (C=O) groups excluding carboxylic acids is 1. The summed E-state index contributed by atoms with van der Waals surface area (Å²) in [5.41, 5.74) is -0.170. The van der Waals surface area contributed by atoms with Crippen LogP contribution in [-0.2, 0) is 0 Å². The lowest BCUT2D eigenvalue weighted by atomic mass is 9.64. The first-order valence-corrected chi connectivity index (χ1v) is 6.44. The van der Waals surface area contributed by atoms with Gasteiger partial charge >= 0.3 is 6.36 Å². The molecular formula is C14H16F3NO3. The minimum atomic E-state index is -4.75. The monoisotopic (exact) mass is 303 g/mol. The third-order valence-corrected chi connectivity index (χ3v) is 3.87. The van der Waals surface area contributed by atoms with E-state index in [1.807, 2.05) is 13.8 Å². The highest BCUT2D eigenvalue weighted by Gasteiger charge is 2.47. The van der Waals surface area contributed by atoms with Crippen LogP contribution in [0.25, 0.3) is 0 Å². The van der Waals surface area contributed by atoms with Gasteiger partial charge in [0.1, 0.15) is 5.75 Å². The van der Waals surface area contributed by atoms with E-state index in [4.69, 9.17) is 0 Å². The van der Waals surface area contributed by atoms with Gasteiger partial charge in [-0.25, -0.2) is 0 Å². The van der Waals surface area contributed by atoms with Gasteiger partial charge in [0, 0.05) is 17.0 Å². The molecule has 2 rings (SSSR count). The van der Waals surface area contributed by atoms with Crippen LogP contribution in [0.1, 0.15) is 30.6 Å². The Morgan fingerprint density at radius 1 is 1.33 bits per heavy atom. The summed E-state index contributed by atoms with van der Waals surface area (Å²) in [7, 11) is 0. The van der Waals surface area contributed by atoms with Crippen molar-refractivity contribution < 1.29 is 27.8 Å². The highest BCUT2D eigenvalue weighted by atomic mass is 19.4. The molecule has 2 atom stereocenters. The third-order valence-electron chi connectivity index (χ3n) is 3.87. The van der Waals surface area contributed by atoms with Crippen molar-refractivity contribution in [3.05, 3.63) is 29.8 Å². The van der Waals surface area contributed by atoms with Gasteiger partial charge in [-0.1, -0.05) is 13.8 Å². The number of benzene rings is 1. The molecule has 116 valence electrons. The SMILES string of the molecule is CC1(C)C(O)CC1NC(=O)c1ccc(OC(F)(F)F)cc1. The van der Waals surface area contributed by atoms with Crippen molar-refractivity contribution in [2.45, 2.75) is 38.8 Å². The predicted octanol–water partition coefficient (Wildman–Crippen LogP) is 2.47. The number of hydrogen-bond donors (Lipinski definition) is 2. The number of alkyl halides is 3. The number of amides is 1. The van der Waals surface area contributed by atoms with Gasteiger partial charge in [-0.15, -0.1) is 13.2 Å². The van der Waals surface area contributed by atoms with Crippen molar-refractivity contribution in [1.82, 2.24) is 5.32 Å². The topological polar surface area (TPSA) is 58.6 Å². The minimum Gasteiger partial charge on any atom is -0.406 e. The van der Waals surface area contributed by atoms with E-state index in [-0.39, 0.29) is 17.4 Å². The molecule has 1 saturated carbocycles. The van der Waals surface area contributed by atoms with Crippen LogP contribution in [0.15, 0.2) is 24.3 Å². The zero-order valence-corrected chi connectivity index (χ0v) is 11.6. The zero-order valence-electron chi connectivity index (χ0n) is 11.6. The van der Waals surface area contributed by atoms with Gasteiger partial charge in [0.25, 0.3) is 5.91 Å². The molecule has 1 amide bonds. The molecule has 21 heavy (non-hydrogen) atoms. The van der Waals surface area contributed by atoms with Gasteiger partial charge < -0.3 is 15.2 Å². The fourth-order valence-corrected chi connectivity index (χ4v) is 2.20. The molecule has 7 heteroatoms. The fraction of sp³-hybridized carbons (Fsp3) is 0.500. The molecule has 0 bridgehead atoms. The standard InChI is InChI=1S/C14H16F3NO3/c1-13(2)10(7-11(13)19)18-12(20)8-3-5-9(6-4-8)21-14(15,16)17/h3-6,10-11,19H,7H2,1-2H3,(H,18,20). The molecule has 0 radical (unpaired) electrons. The van der Waals surface area contributed by atoms with Crippen molar-refractivity contribution in [3.8, 4) is 5.75 Å². The van der Waals surface area contributed by atoms with Crippen LogP contribution in [0.5, 0.6) is 5.75 Å². The van der Waals surface area contributed by atoms with E-state index < -0.39 is 23.8 Å². The summed E-state index contributed by atoms with van der Waals surface area (Å²) >= 11 is 0. The first-order valence-electron chi connectivity index (χ1n) is 6.44. The van der Waals surface area contributed by atoms with E-state index in [0.717, 1.165) is 12.1 Å². The largest absolute Gasteiger partial charge is 0.573 e. The fourth-order valence-electron chi connectivity index (χ4n) is 2.20. The minimum absolute atomic E-state index is 0.161. The Morgan fingerprint density at radius 2 is 1.90 bits per heavy atom. The van der Waals surface area contributed by atoms with Crippen LogP contribution < -0.4 is 10.1 Å². The summed E-state index contributed by atoms with van der Waals surface area (Å²) in [5.74, 6) is -0.767. The predicted molar refractivity (Wildman–Crippen MR) is 68.8 cm³/mol. The smallest absolute Gasteiger partial charge is 0.406 e. The summed E-state index contributed by atoms with van der Waals surface area (Å²) in [6.07, 6.45) is -4.76. The van der Waals surface area contributed by atoms with Crippen LogP contribution in [0, 0.1) is 5.41 Å². The number of halogens is 3. The first kappa shape index (κ1) is 15.6. The van der Waals surface area contributed by atoms with Gasteiger partial charge in [0.05, 0.1) is 6.10 Å². The first-order chi connectivity index (χ1) is 9.59. The number of nitrogens with one attached hydrogen (secondary N) is 1. The van der Waals surface area contributed by atoms with Gasteiger partial charge in [-0.05, 0) is 30.7 Å². The molecule has 1 aliphatic rings. The molecule has 1 aliphatic carbocycles. The summed E-state index contributed by atoms with van der Waals surface area (Å²) in [6, 6.07) is 4.54. The number of ether oxygens (including phenoxy) is 1. The number of rotatable bonds is 3. The number of carbonyl (C=O) groups is 1. The van der Waals surface area contributed by atoms with Crippen LogP contribution >= 0.6 is 0 Å². The second-order valence-corrected chi connectivity index (χ2v) is 5.67. The molecule has 1 aromatic carbocycles. The Morgan fingerprint density at radius 3 is 2.33 bits per heavy atom. The average Bonchev–Trinajstić information content (AvgIpc) is 2.37. The van der Waals surface area contributed by atoms with E-state index in [0.29, 0.717) is 6.42 Å². The molecule has 2 unspecified atom stereocenters. The number of aliphatic hydroxyl groups is 1. The summed E-state index contributed by atoms with van der Waals surface area (Å²) < 4.78 is 39.8. The van der Waals surface area contributed by atoms with Crippen LogP contribution in [0.3, 0.4) is 0 Å². The Bertz CT molecular complexity index is 525. The molecule has 4 nitrogen and oxygen atoms in total. The Balaban J connectivity index is 1.98. The molecule has 0 heterocycles. The average molecular weight is 303 g/mol. The van der Waals surface area contributed by atoms with Crippen LogP contribution in [0.4, 0.5) is 13.2 Å². The van der Waals surface area contributed by atoms with Crippen molar-refractivity contribution in [1.29, 1.82) is 0 Å². The second-order valence-electron chi connectivity index (χ2n) is 5.67. The molecular weight excluding hydrogens is 287 g/mol.